The van der Waals surface area contributed by atoms with E-state index in [2.05, 4.69) is 26.6 Å². The van der Waals surface area contributed by atoms with Gasteiger partial charge in [0.2, 0.25) is 5.75 Å². The standard InChI is InChI=1S/C22H26BrN3O6/c1-11(2)13-8-7-9-14(12(3)4)18(13)24-22(28)25-21(27)17-19(31-5)15(23)10-16(26(29)30)20(17)32-6/h7-12H,1-6H3,(H2,24,25,27,28). The second-order valence-electron chi connectivity index (χ2n) is 7.61. The van der Waals surface area contributed by atoms with Crippen molar-refractivity contribution in [3.05, 3.63) is 55.5 Å². The van der Waals surface area contributed by atoms with E-state index in [0.29, 0.717) is 5.69 Å². The Bertz CT molecular complexity index is 1030. The summed E-state index contributed by atoms with van der Waals surface area (Å²) in [5.74, 6) is -0.956. The minimum atomic E-state index is -0.909. The van der Waals surface area contributed by atoms with Gasteiger partial charge in [-0.2, -0.15) is 0 Å². The number of anilines is 1. The summed E-state index contributed by atoms with van der Waals surface area (Å²) in [6.45, 7) is 8.02. The Labute approximate surface area is 194 Å². The molecule has 0 atom stereocenters. The molecule has 0 spiro atoms. The van der Waals surface area contributed by atoms with Crippen LogP contribution in [0.3, 0.4) is 0 Å². The predicted octanol–water partition coefficient (Wildman–Crippen LogP) is 5.58. The summed E-state index contributed by atoms with van der Waals surface area (Å²) in [6.07, 6.45) is 0. The molecule has 0 heterocycles. The molecule has 0 unspecified atom stereocenters. The van der Waals surface area contributed by atoms with Gasteiger partial charge in [0.15, 0.2) is 0 Å². The van der Waals surface area contributed by atoms with Crippen LogP contribution < -0.4 is 20.1 Å². The fourth-order valence-corrected chi connectivity index (χ4v) is 3.93. The number of nitrogens with one attached hydrogen (secondary N) is 2. The predicted molar refractivity (Wildman–Crippen MR) is 125 cm³/mol. The third-order valence-electron chi connectivity index (χ3n) is 4.84. The Morgan fingerprint density at radius 2 is 1.56 bits per heavy atom. The van der Waals surface area contributed by atoms with Crippen LogP contribution in [0.2, 0.25) is 0 Å². The van der Waals surface area contributed by atoms with Gasteiger partial charge in [-0.05, 0) is 38.9 Å². The second kappa shape index (κ2) is 10.4. The van der Waals surface area contributed by atoms with Gasteiger partial charge in [-0.25, -0.2) is 4.79 Å². The summed E-state index contributed by atoms with van der Waals surface area (Å²) in [4.78, 5) is 36.5. The maximum absolute atomic E-state index is 13.0. The Kier molecular flexibility index (Phi) is 8.20. The molecule has 0 fully saturated rings. The minimum absolute atomic E-state index is 0.00296. The number of para-hydroxylation sites is 1. The quantitative estimate of drug-likeness (QED) is 0.372. The molecule has 32 heavy (non-hydrogen) atoms. The number of carbonyl (C=O) groups excluding carboxylic acids is 2. The van der Waals surface area contributed by atoms with Crippen molar-refractivity contribution in [3.63, 3.8) is 0 Å². The average Bonchev–Trinajstić information content (AvgIpc) is 2.72. The number of nitrogens with zero attached hydrogens (tertiary/aromatic N) is 1. The van der Waals surface area contributed by atoms with E-state index in [0.717, 1.165) is 11.1 Å². The van der Waals surface area contributed by atoms with E-state index in [4.69, 9.17) is 9.47 Å². The molecular weight excluding hydrogens is 482 g/mol. The van der Waals surface area contributed by atoms with E-state index < -0.39 is 22.5 Å². The van der Waals surface area contributed by atoms with Crippen LogP contribution in [0.15, 0.2) is 28.7 Å². The van der Waals surface area contributed by atoms with Gasteiger partial charge >= 0.3 is 11.7 Å². The highest BCUT2D eigenvalue weighted by molar-refractivity contribution is 9.10. The number of halogens is 1. The number of nitro groups is 1. The van der Waals surface area contributed by atoms with E-state index in [1.807, 2.05) is 45.9 Å². The van der Waals surface area contributed by atoms with Gasteiger partial charge in [0.05, 0.1) is 23.6 Å². The first-order chi connectivity index (χ1) is 15.0. The van der Waals surface area contributed by atoms with Crippen LogP contribution in [-0.2, 0) is 0 Å². The van der Waals surface area contributed by atoms with Crippen molar-refractivity contribution in [2.24, 2.45) is 0 Å². The monoisotopic (exact) mass is 507 g/mol. The van der Waals surface area contributed by atoms with Crippen molar-refractivity contribution in [1.29, 1.82) is 0 Å². The lowest BCUT2D eigenvalue weighted by atomic mass is 9.93. The van der Waals surface area contributed by atoms with E-state index >= 15 is 0 Å². The lowest BCUT2D eigenvalue weighted by Crippen LogP contribution is -2.35. The van der Waals surface area contributed by atoms with Crippen molar-refractivity contribution in [3.8, 4) is 11.5 Å². The third-order valence-corrected chi connectivity index (χ3v) is 5.43. The van der Waals surface area contributed by atoms with Gasteiger partial charge in [-0.3, -0.25) is 20.2 Å². The van der Waals surface area contributed by atoms with Crippen molar-refractivity contribution in [2.45, 2.75) is 39.5 Å². The molecule has 2 aromatic rings. The molecule has 0 saturated carbocycles. The molecule has 0 aliphatic carbocycles. The number of nitro benzene ring substituents is 1. The van der Waals surface area contributed by atoms with Crippen molar-refractivity contribution < 1.29 is 24.0 Å². The number of hydrogen-bond donors (Lipinski definition) is 2. The second-order valence-corrected chi connectivity index (χ2v) is 8.46. The fraction of sp³-hybridized carbons (Fsp3) is 0.364. The van der Waals surface area contributed by atoms with E-state index in [9.17, 15) is 19.7 Å². The number of carbonyl (C=O) groups is 2. The Morgan fingerprint density at radius 3 is 2.00 bits per heavy atom. The van der Waals surface area contributed by atoms with E-state index in [1.165, 1.54) is 20.3 Å². The highest BCUT2D eigenvalue weighted by Crippen LogP contribution is 2.42. The maximum atomic E-state index is 13.0. The molecule has 10 heteroatoms. The Hall–Kier alpha value is -3.14. The smallest absolute Gasteiger partial charge is 0.326 e. The first-order valence-electron chi connectivity index (χ1n) is 9.87. The summed E-state index contributed by atoms with van der Waals surface area (Å²) in [5.41, 5.74) is 1.76. The molecule has 0 bridgehead atoms. The van der Waals surface area contributed by atoms with Gasteiger partial charge in [-0.1, -0.05) is 45.9 Å². The summed E-state index contributed by atoms with van der Waals surface area (Å²) in [5, 5.41) is 16.4. The Balaban J connectivity index is 2.46. The topological polar surface area (TPSA) is 120 Å². The molecule has 0 aliphatic heterocycles. The number of hydrogen-bond acceptors (Lipinski definition) is 6. The zero-order valence-electron chi connectivity index (χ0n) is 18.7. The molecule has 2 aromatic carbocycles. The van der Waals surface area contributed by atoms with Gasteiger partial charge < -0.3 is 14.8 Å². The minimum Gasteiger partial charge on any atom is -0.495 e. The van der Waals surface area contributed by atoms with Crippen LogP contribution in [0, 0.1) is 10.1 Å². The van der Waals surface area contributed by atoms with Crippen LogP contribution in [0.4, 0.5) is 16.2 Å². The van der Waals surface area contributed by atoms with E-state index in [-0.39, 0.29) is 33.4 Å². The van der Waals surface area contributed by atoms with E-state index in [1.54, 1.807) is 0 Å². The lowest BCUT2D eigenvalue weighted by molar-refractivity contribution is -0.385. The molecule has 2 rings (SSSR count). The molecule has 0 radical (unpaired) electrons. The first-order valence-corrected chi connectivity index (χ1v) is 10.7. The van der Waals surface area contributed by atoms with Gasteiger partial charge in [0.25, 0.3) is 5.91 Å². The zero-order chi connectivity index (χ0) is 24.2. The molecule has 0 saturated heterocycles. The summed E-state index contributed by atoms with van der Waals surface area (Å²) in [7, 11) is 2.50. The van der Waals surface area contributed by atoms with Crippen LogP contribution in [-0.4, -0.2) is 31.1 Å². The maximum Gasteiger partial charge on any atom is 0.326 e. The van der Waals surface area contributed by atoms with Crippen LogP contribution in [0.25, 0.3) is 0 Å². The fourth-order valence-electron chi connectivity index (χ4n) is 3.36. The largest absolute Gasteiger partial charge is 0.495 e. The first kappa shape index (κ1) is 25.1. The Morgan fingerprint density at radius 1 is 1.03 bits per heavy atom. The molecule has 2 N–H and O–H groups in total. The van der Waals surface area contributed by atoms with Crippen molar-refractivity contribution in [1.82, 2.24) is 5.32 Å². The molecule has 172 valence electrons. The van der Waals surface area contributed by atoms with Crippen LogP contribution >= 0.6 is 15.9 Å². The molecular formula is C22H26BrN3O6. The zero-order valence-corrected chi connectivity index (χ0v) is 20.3. The van der Waals surface area contributed by atoms with Crippen molar-refractivity contribution in [2.75, 3.05) is 19.5 Å². The van der Waals surface area contributed by atoms with Gasteiger partial charge in [0, 0.05) is 11.8 Å². The molecule has 0 aliphatic rings. The SMILES string of the molecule is COc1c(Br)cc([N+](=O)[O-])c(OC)c1C(=O)NC(=O)Nc1c(C(C)C)cccc1C(C)C. The number of methoxy groups -OCH3 is 2. The number of ether oxygens (including phenoxy) is 2. The lowest BCUT2D eigenvalue weighted by Gasteiger charge is -2.20. The molecule has 9 nitrogen and oxygen atoms in total. The van der Waals surface area contributed by atoms with Crippen molar-refractivity contribution >= 4 is 39.2 Å². The number of benzene rings is 2. The highest BCUT2D eigenvalue weighted by Gasteiger charge is 2.31. The number of rotatable bonds is 7. The van der Waals surface area contributed by atoms with Crippen LogP contribution in [0.1, 0.15) is 61.0 Å². The number of amides is 3. The summed E-state index contributed by atoms with van der Waals surface area (Å²) in [6, 6.07) is 6.14. The number of imide groups is 1. The van der Waals surface area contributed by atoms with Gasteiger partial charge in [0.1, 0.15) is 11.3 Å². The van der Waals surface area contributed by atoms with Gasteiger partial charge in [-0.15, -0.1) is 0 Å². The summed E-state index contributed by atoms with van der Waals surface area (Å²) < 4.78 is 10.5. The average molecular weight is 508 g/mol. The molecule has 3 amide bonds. The summed E-state index contributed by atoms with van der Waals surface area (Å²) >= 11 is 3.16. The normalized spacial score (nSPS) is 10.8. The number of urea groups is 1. The third kappa shape index (κ3) is 5.18. The van der Waals surface area contributed by atoms with Crippen LogP contribution in [0.5, 0.6) is 11.5 Å². The highest BCUT2D eigenvalue weighted by atomic mass is 79.9. The molecule has 0 aromatic heterocycles.